The molecule has 1 aliphatic carbocycles. The van der Waals surface area contributed by atoms with Crippen LogP contribution in [0, 0.1) is 5.92 Å². The summed E-state index contributed by atoms with van der Waals surface area (Å²) < 4.78 is 5.86. The average molecular weight is 241 g/mol. The maximum Gasteiger partial charge on any atom is 0.294 e. The molecule has 0 saturated heterocycles. The van der Waals surface area contributed by atoms with E-state index < -0.39 is 0 Å². The lowest BCUT2D eigenvalue weighted by Crippen LogP contribution is -2.25. The van der Waals surface area contributed by atoms with Gasteiger partial charge in [-0.2, -0.15) is 0 Å². The second-order valence-electron chi connectivity index (χ2n) is 4.35. The molecular weight excluding hydrogens is 222 g/mol. The van der Waals surface area contributed by atoms with Crippen LogP contribution in [0.3, 0.4) is 0 Å². The summed E-state index contributed by atoms with van der Waals surface area (Å²) in [4.78, 5) is 0. The third-order valence-electron chi connectivity index (χ3n) is 3.20. The van der Waals surface area contributed by atoms with Crippen LogP contribution in [0.2, 0.25) is 0 Å². The summed E-state index contributed by atoms with van der Waals surface area (Å²) >= 11 is 1.47. The van der Waals surface area contributed by atoms with E-state index in [2.05, 4.69) is 17.1 Å². The molecule has 1 heterocycles. The molecule has 1 fully saturated rings. The maximum absolute atomic E-state index is 5.86. The molecule has 90 valence electrons. The zero-order valence-corrected chi connectivity index (χ0v) is 10.5. The lowest BCUT2D eigenvalue weighted by Gasteiger charge is -2.27. The Kier molecular flexibility index (Phi) is 4.12. The summed E-state index contributed by atoms with van der Waals surface area (Å²) in [5.41, 5.74) is 5.49. The molecule has 2 unspecified atom stereocenters. The van der Waals surface area contributed by atoms with Gasteiger partial charge in [-0.25, -0.2) is 0 Å². The van der Waals surface area contributed by atoms with Crippen LogP contribution in [0.25, 0.3) is 0 Å². The van der Waals surface area contributed by atoms with Gasteiger partial charge < -0.3 is 10.5 Å². The number of hydrogen-bond acceptors (Lipinski definition) is 5. The lowest BCUT2D eigenvalue weighted by molar-refractivity contribution is 0.121. The van der Waals surface area contributed by atoms with Crippen molar-refractivity contribution in [2.75, 3.05) is 0 Å². The Bertz CT molecular complexity index is 329. The van der Waals surface area contributed by atoms with Crippen LogP contribution >= 0.6 is 11.3 Å². The minimum atomic E-state index is 0.331. The molecule has 1 saturated carbocycles. The molecular formula is C11H19N3OS. The van der Waals surface area contributed by atoms with Gasteiger partial charge in [-0.3, -0.25) is 0 Å². The Balaban J connectivity index is 1.88. The SMILES string of the molecule is CCC1CCCC(Oc2nnc(CN)s2)C1. The van der Waals surface area contributed by atoms with Crippen LogP contribution in [-0.4, -0.2) is 16.3 Å². The summed E-state index contributed by atoms with van der Waals surface area (Å²) in [6.45, 7) is 2.70. The van der Waals surface area contributed by atoms with Gasteiger partial charge in [-0.05, 0) is 25.2 Å². The molecule has 1 aliphatic rings. The van der Waals surface area contributed by atoms with Crippen molar-refractivity contribution in [1.29, 1.82) is 0 Å². The van der Waals surface area contributed by atoms with E-state index in [4.69, 9.17) is 10.5 Å². The molecule has 1 aromatic heterocycles. The summed E-state index contributed by atoms with van der Waals surface area (Å²) in [5.74, 6) is 0.820. The summed E-state index contributed by atoms with van der Waals surface area (Å²) in [6.07, 6.45) is 6.51. The summed E-state index contributed by atoms with van der Waals surface area (Å²) in [6, 6.07) is 0. The highest BCUT2D eigenvalue weighted by Crippen LogP contribution is 2.30. The Hall–Kier alpha value is -0.680. The minimum Gasteiger partial charge on any atom is -0.466 e. The van der Waals surface area contributed by atoms with E-state index in [0.717, 1.165) is 23.8 Å². The standard InChI is InChI=1S/C11H19N3OS/c1-2-8-4-3-5-9(6-8)15-11-14-13-10(7-12)16-11/h8-9H,2-7,12H2,1H3. The van der Waals surface area contributed by atoms with Crippen molar-refractivity contribution in [2.45, 2.75) is 51.7 Å². The molecule has 0 spiro atoms. The van der Waals surface area contributed by atoms with Crippen LogP contribution in [0.15, 0.2) is 0 Å². The molecule has 0 bridgehead atoms. The first-order valence-corrected chi connectivity index (χ1v) is 6.82. The van der Waals surface area contributed by atoms with Crippen molar-refractivity contribution in [3.63, 3.8) is 0 Å². The van der Waals surface area contributed by atoms with Crippen molar-refractivity contribution >= 4 is 11.3 Å². The fourth-order valence-electron chi connectivity index (χ4n) is 2.23. The number of aromatic nitrogens is 2. The predicted octanol–water partition coefficient (Wildman–Crippen LogP) is 2.34. The van der Waals surface area contributed by atoms with Gasteiger partial charge in [0.25, 0.3) is 5.19 Å². The molecule has 0 amide bonds. The van der Waals surface area contributed by atoms with Gasteiger partial charge in [-0.1, -0.05) is 36.2 Å². The zero-order chi connectivity index (χ0) is 11.4. The average Bonchev–Trinajstić information content (AvgIpc) is 2.77. The number of hydrogen-bond donors (Lipinski definition) is 1. The third-order valence-corrected chi connectivity index (χ3v) is 4.04. The number of nitrogens with two attached hydrogens (primary N) is 1. The highest BCUT2D eigenvalue weighted by atomic mass is 32.1. The van der Waals surface area contributed by atoms with E-state index in [1.807, 2.05) is 0 Å². The number of nitrogens with zero attached hydrogens (tertiary/aromatic N) is 2. The number of rotatable bonds is 4. The lowest BCUT2D eigenvalue weighted by atomic mass is 9.86. The van der Waals surface area contributed by atoms with Gasteiger partial charge in [0, 0.05) is 6.54 Å². The first-order chi connectivity index (χ1) is 7.81. The van der Waals surface area contributed by atoms with E-state index in [-0.39, 0.29) is 0 Å². The maximum atomic E-state index is 5.86. The van der Waals surface area contributed by atoms with E-state index >= 15 is 0 Å². The second kappa shape index (κ2) is 5.59. The number of ether oxygens (including phenoxy) is 1. The van der Waals surface area contributed by atoms with Gasteiger partial charge >= 0.3 is 0 Å². The topological polar surface area (TPSA) is 61.0 Å². The molecule has 1 aromatic rings. The van der Waals surface area contributed by atoms with Gasteiger partial charge in [0.2, 0.25) is 0 Å². The quantitative estimate of drug-likeness (QED) is 0.879. The van der Waals surface area contributed by atoms with Crippen molar-refractivity contribution in [3.05, 3.63) is 5.01 Å². The molecule has 0 radical (unpaired) electrons. The van der Waals surface area contributed by atoms with Gasteiger partial charge in [0.05, 0.1) is 0 Å². The molecule has 5 heteroatoms. The molecule has 4 nitrogen and oxygen atoms in total. The molecule has 0 aliphatic heterocycles. The van der Waals surface area contributed by atoms with Crippen LogP contribution in [-0.2, 0) is 6.54 Å². The molecule has 0 aromatic carbocycles. The fraction of sp³-hybridized carbons (Fsp3) is 0.818. The van der Waals surface area contributed by atoms with Crippen molar-refractivity contribution in [1.82, 2.24) is 10.2 Å². The zero-order valence-electron chi connectivity index (χ0n) is 9.69. The van der Waals surface area contributed by atoms with Crippen LogP contribution in [0.5, 0.6) is 5.19 Å². The molecule has 2 atom stereocenters. The van der Waals surface area contributed by atoms with Crippen molar-refractivity contribution in [2.24, 2.45) is 11.7 Å². The van der Waals surface area contributed by atoms with Gasteiger partial charge in [-0.15, -0.1) is 5.10 Å². The van der Waals surface area contributed by atoms with Gasteiger partial charge in [0.15, 0.2) is 0 Å². The van der Waals surface area contributed by atoms with Crippen LogP contribution < -0.4 is 10.5 Å². The normalized spacial score (nSPS) is 25.6. The summed E-state index contributed by atoms with van der Waals surface area (Å²) in [7, 11) is 0. The Morgan fingerprint density at radius 2 is 2.31 bits per heavy atom. The Morgan fingerprint density at radius 3 is 3.00 bits per heavy atom. The largest absolute Gasteiger partial charge is 0.466 e. The minimum absolute atomic E-state index is 0.331. The van der Waals surface area contributed by atoms with E-state index in [0.29, 0.717) is 17.8 Å². The van der Waals surface area contributed by atoms with E-state index in [1.54, 1.807) is 0 Å². The monoisotopic (exact) mass is 241 g/mol. The highest BCUT2D eigenvalue weighted by Gasteiger charge is 2.23. The third kappa shape index (κ3) is 2.92. The molecule has 2 rings (SSSR count). The predicted molar refractivity (Wildman–Crippen MR) is 64.5 cm³/mol. The Labute approximate surface area is 100 Å². The smallest absolute Gasteiger partial charge is 0.294 e. The van der Waals surface area contributed by atoms with Crippen molar-refractivity contribution < 1.29 is 4.74 Å². The van der Waals surface area contributed by atoms with E-state index in [1.165, 1.54) is 30.6 Å². The summed E-state index contributed by atoms with van der Waals surface area (Å²) in [5, 5.41) is 9.48. The highest BCUT2D eigenvalue weighted by molar-refractivity contribution is 7.13. The first kappa shape index (κ1) is 11.8. The fourth-order valence-corrected chi connectivity index (χ4v) is 2.86. The van der Waals surface area contributed by atoms with Gasteiger partial charge in [0.1, 0.15) is 11.1 Å². The Morgan fingerprint density at radius 1 is 1.44 bits per heavy atom. The molecule has 2 N–H and O–H groups in total. The van der Waals surface area contributed by atoms with Crippen molar-refractivity contribution in [3.8, 4) is 5.19 Å². The molecule has 16 heavy (non-hydrogen) atoms. The second-order valence-corrected chi connectivity index (χ2v) is 5.37. The first-order valence-electron chi connectivity index (χ1n) is 6.01. The van der Waals surface area contributed by atoms with Crippen LogP contribution in [0.4, 0.5) is 0 Å². The van der Waals surface area contributed by atoms with Crippen LogP contribution in [0.1, 0.15) is 44.0 Å². The van der Waals surface area contributed by atoms with E-state index in [9.17, 15) is 0 Å².